The van der Waals surface area contributed by atoms with E-state index in [-0.39, 0.29) is 36.4 Å². The van der Waals surface area contributed by atoms with Crippen molar-refractivity contribution in [2.45, 2.75) is 40.7 Å². The van der Waals surface area contributed by atoms with Gasteiger partial charge in [0.2, 0.25) is 5.91 Å². The summed E-state index contributed by atoms with van der Waals surface area (Å²) in [5.74, 6) is 0.601. The van der Waals surface area contributed by atoms with Gasteiger partial charge in [-0.3, -0.25) is 9.48 Å². The van der Waals surface area contributed by atoms with Crippen LogP contribution in [-0.4, -0.2) is 47.8 Å². The van der Waals surface area contributed by atoms with Crippen molar-refractivity contribution in [3.63, 3.8) is 0 Å². The van der Waals surface area contributed by atoms with Crippen LogP contribution in [0.2, 0.25) is 0 Å². The lowest BCUT2D eigenvalue weighted by molar-refractivity contribution is -0.119. The number of halogens is 1. The Labute approximate surface area is 155 Å². The third kappa shape index (κ3) is 8.77. The minimum atomic E-state index is -0.0673. The van der Waals surface area contributed by atoms with Gasteiger partial charge in [-0.25, -0.2) is 4.99 Å². The Balaban J connectivity index is 0.00000484. The van der Waals surface area contributed by atoms with E-state index in [1.807, 2.05) is 25.5 Å². The van der Waals surface area contributed by atoms with Crippen LogP contribution in [0.15, 0.2) is 11.1 Å². The Hall–Kier alpha value is -1.32. The number of nitrogens with one attached hydrogen (secondary N) is 3. The van der Waals surface area contributed by atoms with Gasteiger partial charge in [0.1, 0.15) is 6.54 Å². The summed E-state index contributed by atoms with van der Waals surface area (Å²) in [6.07, 6.45) is 0.938. The zero-order valence-corrected chi connectivity index (χ0v) is 16.8. The number of carbonyl (C=O) groups excluding carboxylic acids is 1. The summed E-state index contributed by atoms with van der Waals surface area (Å²) in [5, 5.41) is 13.5. The molecule has 0 aliphatic heterocycles. The third-order valence-electron chi connectivity index (χ3n) is 3.04. The first-order chi connectivity index (χ1) is 10.6. The maximum Gasteiger partial charge on any atom is 0.241 e. The average Bonchev–Trinajstić information content (AvgIpc) is 2.79. The highest BCUT2D eigenvalue weighted by Gasteiger charge is 2.02. The zero-order valence-electron chi connectivity index (χ0n) is 14.5. The van der Waals surface area contributed by atoms with E-state index in [4.69, 9.17) is 0 Å². The Morgan fingerprint density at radius 1 is 1.22 bits per heavy atom. The van der Waals surface area contributed by atoms with E-state index in [9.17, 15) is 4.79 Å². The van der Waals surface area contributed by atoms with Crippen molar-refractivity contribution < 1.29 is 4.79 Å². The molecule has 132 valence electrons. The first-order valence-corrected chi connectivity index (χ1v) is 7.86. The second kappa shape index (κ2) is 12.1. The predicted octanol–water partition coefficient (Wildman–Crippen LogP) is 1.20. The van der Waals surface area contributed by atoms with Gasteiger partial charge in [-0.2, -0.15) is 5.10 Å². The number of likely N-dealkylation sites (N-methyl/N-ethyl adjacent to an activating group) is 1. The van der Waals surface area contributed by atoms with Gasteiger partial charge >= 0.3 is 0 Å². The third-order valence-corrected chi connectivity index (χ3v) is 3.04. The Morgan fingerprint density at radius 2 is 1.91 bits per heavy atom. The van der Waals surface area contributed by atoms with Crippen LogP contribution >= 0.6 is 24.0 Å². The largest absolute Gasteiger partial charge is 0.357 e. The molecular formula is C15H29IN6O. The van der Waals surface area contributed by atoms with E-state index in [0.717, 1.165) is 31.7 Å². The number of aliphatic imine (C=N–C) groups is 1. The predicted molar refractivity (Wildman–Crippen MR) is 104 cm³/mol. The van der Waals surface area contributed by atoms with E-state index in [1.165, 1.54) is 5.69 Å². The van der Waals surface area contributed by atoms with Crippen molar-refractivity contribution in [2.75, 3.05) is 26.2 Å². The van der Waals surface area contributed by atoms with E-state index < -0.39 is 0 Å². The summed E-state index contributed by atoms with van der Waals surface area (Å²) < 4.78 is 2.01. The number of aryl methyl sites for hydroxylation is 3. The summed E-state index contributed by atoms with van der Waals surface area (Å²) in [6.45, 7) is 11.1. The van der Waals surface area contributed by atoms with Crippen molar-refractivity contribution >= 4 is 35.8 Å². The topological polar surface area (TPSA) is 83.3 Å². The number of rotatable bonds is 8. The Kier molecular flexibility index (Phi) is 11.4. The first kappa shape index (κ1) is 21.7. The van der Waals surface area contributed by atoms with Gasteiger partial charge in [0.25, 0.3) is 0 Å². The molecule has 0 aliphatic carbocycles. The number of aromatic nitrogens is 2. The van der Waals surface area contributed by atoms with Crippen LogP contribution in [0.4, 0.5) is 0 Å². The van der Waals surface area contributed by atoms with Gasteiger partial charge in [-0.05, 0) is 40.2 Å². The molecule has 0 bridgehead atoms. The first-order valence-electron chi connectivity index (χ1n) is 7.86. The van der Waals surface area contributed by atoms with Crippen molar-refractivity contribution in [2.24, 2.45) is 4.99 Å². The van der Waals surface area contributed by atoms with Crippen LogP contribution in [0.5, 0.6) is 0 Å². The lowest BCUT2D eigenvalue weighted by atomic mass is 10.4. The van der Waals surface area contributed by atoms with E-state index in [1.54, 1.807) is 0 Å². The molecule has 1 aromatic rings. The molecule has 3 N–H and O–H groups in total. The van der Waals surface area contributed by atoms with Crippen LogP contribution in [0.3, 0.4) is 0 Å². The molecule has 1 rings (SSSR count). The molecule has 1 aromatic heterocycles. The fourth-order valence-electron chi connectivity index (χ4n) is 2.08. The van der Waals surface area contributed by atoms with Gasteiger partial charge < -0.3 is 16.0 Å². The van der Waals surface area contributed by atoms with Crippen LogP contribution in [0.1, 0.15) is 31.7 Å². The Bertz CT molecular complexity index is 500. The maximum absolute atomic E-state index is 11.4. The van der Waals surface area contributed by atoms with E-state index in [0.29, 0.717) is 12.5 Å². The van der Waals surface area contributed by atoms with Crippen molar-refractivity contribution in [1.82, 2.24) is 25.7 Å². The number of nitrogens with zero attached hydrogens (tertiary/aromatic N) is 3. The highest BCUT2D eigenvalue weighted by atomic mass is 127. The van der Waals surface area contributed by atoms with Gasteiger partial charge in [-0.1, -0.05) is 0 Å². The van der Waals surface area contributed by atoms with Crippen LogP contribution in [-0.2, 0) is 11.3 Å². The van der Waals surface area contributed by atoms with Crippen molar-refractivity contribution in [3.8, 4) is 0 Å². The monoisotopic (exact) mass is 436 g/mol. The number of amides is 1. The number of carbonyl (C=O) groups is 1. The van der Waals surface area contributed by atoms with Crippen LogP contribution < -0.4 is 16.0 Å². The second-order valence-corrected chi connectivity index (χ2v) is 5.08. The average molecular weight is 436 g/mol. The fraction of sp³-hybridized carbons (Fsp3) is 0.667. The molecule has 0 spiro atoms. The molecule has 0 unspecified atom stereocenters. The van der Waals surface area contributed by atoms with Gasteiger partial charge in [0, 0.05) is 31.9 Å². The second-order valence-electron chi connectivity index (χ2n) is 5.08. The van der Waals surface area contributed by atoms with Crippen molar-refractivity contribution in [3.05, 3.63) is 17.5 Å². The molecular weight excluding hydrogens is 407 g/mol. The number of hydrogen-bond donors (Lipinski definition) is 3. The molecule has 0 saturated carbocycles. The molecule has 1 heterocycles. The fourth-order valence-corrected chi connectivity index (χ4v) is 2.08. The summed E-state index contributed by atoms with van der Waals surface area (Å²) in [5.41, 5.74) is 2.22. The minimum Gasteiger partial charge on any atom is -0.357 e. The SMILES string of the molecule is CCNC(=O)CN=C(NCC)NCCCn1nc(C)cc1C.I. The number of guanidine groups is 1. The van der Waals surface area contributed by atoms with Crippen molar-refractivity contribution in [1.29, 1.82) is 0 Å². The summed E-state index contributed by atoms with van der Waals surface area (Å²) >= 11 is 0. The zero-order chi connectivity index (χ0) is 16.4. The normalized spacial score (nSPS) is 10.9. The summed E-state index contributed by atoms with van der Waals surface area (Å²) in [4.78, 5) is 15.7. The standard InChI is InChI=1S/C15H28N6O.HI/c1-5-16-14(22)11-19-15(17-6-2)18-8-7-9-21-13(4)10-12(3)20-21;/h10H,5-9,11H2,1-4H3,(H,16,22)(H2,17,18,19);1H. The van der Waals surface area contributed by atoms with Gasteiger partial charge in [0.15, 0.2) is 5.96 Å². The molecule has 1 amide bonds. The summed E-state index contributed by atoms with van der Waals surface area (Å²) in [7, 11) is 0. The number of hydrogen-bond acceptors (Lipinski definition) is 3. The molecule has 8 heteroatoms. The highest BCUT2D eigenvalue weighted by Crippen LogP contribution is 2.02. The lowest BCUT2D eigenvalue weighted by Gasteiger charge is -2.11. The molecule has 0 aliphatic rings. The maximum atomic E-state index is 11.4. The molecule has 0 fully saturated rings. The van der Waals surface area contributed by atoms with Gasteiger partial charge in [-0.15, -0.1) is 24.0 Å². The molecule has 23 heavy (non-hydrogen) atoms. The molecule has 0 saturated heterocycles. The Morgan fingerprint density at radius 3 is 2.48 bits per heavy atom. The smallest absolute Gasteiger partial charge is 0.241 e. The molecule has 7 nitrogen and oxygen atoms in total. The minimum absolute atomic E-state index is 0. The van der Waals surface area contributed by atoms with E-state index in [2.05, 4.69) is 39.0 Å². The quantitative estimate of drug-likeness (QED) is 0.248. The lowest BCUT2D eigenvalue weighted by Crippen LogP contribution is -2.39. The van der Waals surface area contributed by atoms with Crippen LogP contribution in [0.25, 0.3) is 0 Å². The molecule has 0 radical (unpaired) electrons. The van der Waals surface area contributed by atoms with Gasteiger partial charge in [0.05, 0.1) is 5.69 Å². The van der Waals surface area contributed by atoms with Crippen LogP contribution in [0, 0.1) is 13.8 Å². The van der Waals surface area contributed by atoms with E-state index >= 15 is 0 Å². The molecule has 0 aromatic carbocycles. The molecule has 0 atom stereocenters. The summed E-state index contributed by atoms with van der Waals surface area (Å²) in [6, 6.07) is 2.07. The highest BCUT2D eigenvalue weighted by molar-refractivity contribution is 14.0.